The third-order valence-corrected chi connectivity index (χ3v) is 6.87. The van der Waals surface area contributed by atoms with Gasteiger partial charge in [0.25, 0.3) is 0 Å². The maximum Gasteiger partial charge on any atom is 0.211 e. The van der Waals surface area contributed by atoms with E-state index in [1.165, 1.54) is 51.3 Å². The van der Waals surface area contributed by atoms with Crippen LogP contribution in [0.3, 0.4) is 0 Å². The molecule has 1 aromatic heterocycles. The van der Waals surface area contributed by atoms with Crippen molar-refractivity contribution in [3.8, 4) is 0 Å². The maximum atomic E-state index is 12.3. The van der Waals surface area contributed by atoms with E-state index in [0.717, 1.165) is 24.6 Å². The number of hydrogen-bond acceptors (Lipinski definition) is 4. The van der Waals surface area contributed by atoms with Crippen molar-refractivity contribution in [3.63, 3.8) is 0 Å². The monoisotopic (exact) mass is 365 g/mol. The summed E-state index contributed by atoms with van der Waals surface area (Å²) in [6.07, 6.45) is 13.8. The number of hydrogen-bond donors (Lipinski definition) is 0. The zero-order chi connectivity index (χ0) is 17.7. The highest BCUT2D eigenvalue weighted by atomic mass is 32.2. The van der Waals surface area contributed by atoms with E-state index < -0.39 is 10.0 Å². The normalized spacial score (nSPS) is 23.8. The van der Waals surface area contributed by atoms with Crippen LogP contribution in [0.25, 0.3) is 0 Å². The fourth-order valence-corrected chi connectivity index (χ4v) is 5.19. The van der Waals surface area contributed by atoms with Gasteiger partial charge in [0.1, 0.15) is 0 Å². The summed E-state index contributed by atoms with van der Waals surface area (Å²) in [4.78, 5) is 6.75. The second-order valence-electron chi connectivity index (χ2n) is 7.71. The second-order valence-corrected chi connectivity index (χ2v) is 9.69. The summed E-state index contributed by atoms with van der Waals surface area (Å²) in [6, 6.07) is 4.53. The molecule has 1 aliphatic heterocycles. The Morgan fingerprint density at radius 2 is 2.00 bits per heavy atom. The van der Waals surface area contributed by atoms with Gasteiger partial charge in [-0.15, -0.1) is 0 Å². The summed E-state index contributed by atoms with van der Waals surface area (Å²) in [5.74, 6) is 0.432. The molecule has 0 spiro atoms. The molecule has 1 saturated heterocycles. The van der Waals surface area contributed by atoms with Crippen molar-refractivity contribution in [1.82, 2.24) is 14.2 Å². The van der Waals surface area contributed by atoms with Gasteiger partial charge in [-0.3, -0.25) is 4.98 Å². The van der Waals surface area contributed by atoms with E-state index >= 15 is 0 Å². The molecule has 1 aliphatic carbocycles. The lowest BCUT2D eigenvalue weighted by atomic mass is 9.90. The molecule has 2 fully saturated rings. The van der Waals surface area contributed by atoms with Gasteiger partial charge in [0.05, 0.1) is 6.26 Å². The predicted octanol–water partition coefficient (Wildman–Crippen LogP) is 2.89. The first kappa shape index (κ1) is 18.8. The topological polar surface area (TPSA) is 53.5 Å². The minimum Gasteiger partial charge on any atom is -0.300 e. The Labute approximate surface area is 152 Å². The molecule has 1 saturated carbocycles. The molecule has 0 radical (unpaired) electrons. The van der Waals surface area contributed by atoms with Gasteiger partial charge in [-0.25, -0.2) is 8.42 Å². The zero-order valence-electron chi connectivity index (χ0n) is 15.3. The minimum atomic E-state index is -3.22. The Morgan fingerprint density at radius 3 is 2.68 bits per heavy atom. The molecule has 6 heteroatoms. The number of sulfonamides is 1. The summed E-state index contributed by atoms with van der Waals surface area (Å²) in [7, 11) is -3.22. The predicted molar refractivity (Wildman–Crippen MR) is 101 cm³/mol. The summed E-state index contributed by atoms with van der Waals surface area (Å²) >= 11 is 0. The lowest BCUT2D eigenvalue weighted by Gasteiger charge is -2.41. The molecular formula is C19H31N3O2S. The highest BCUT2D eigenvalue weighted by Crippen LogP contribution is 2.28. The van der Waals surface area contributed by atoms with Crippen LogP contribution in [-0.4, -0.2) is 54.5 Å². The van der Waals surface area contributed by atoms with E-state index in [4.69, 9.17) is 0 Å². The quantitative estimate of drug-likeness (QED) is 0.778. The van der Waals surface area contributed by atoms with Crippen molar-refractivity contribution in [2.24, 2.45) is 5.92 Å². The van der Waals surface area contributed by atoms with Crippen LogP contribution in [0.2, 0.25) is 0 Å². The molecule has 3 rings (SSSR count). The first-order valence-electron chi connectivity index (χ1n) is 9.60. The lowest BCUT2D eigenvalue weighted by molar-refractivity contribution is 0.0905. The molecule has 0 aromatic carbocycles. The van der Waals surface area contributed by atoms with Gasteiger partial charge in [0.15, 0.2) is 0 Å². The van der Waals surface area contributed by atoms with Crippen molar-refractivity contribution in [1.29, 1.82) is 0 Å². The SMILES string of the molecule is CS(=O)(=O)N(Cc1cccnc1)CC1CCCN(C2CCCCC2)C1. The highest BCUT2D eigenvalue weighted by Gasteiger charge is 2.29. The summed E-state index contributed by atoms with van der Waals surface area (Å²) in [6.45, 7) is 3.27. The van der Waals surface area contributed by atoms with Gasteiger partial charge in [-0.05, 0) is 49.8 Å². The van der Waals surface area contributed by atoms with Gasteiger partial charge >= 0.3 is 0 Å². The molecular weight excluding hydrogens is 334 g/mol. The summed E-state index contributed by atoms with van der Waals surface area (Å²) < 4.78 is 26.2. The van der Waals surface area contributed by atoms with E-state index in [1.807, 2.05) is 12.1 Å². The molecule has 0 amide bonds. The Hall–Kier alpha value is -0.980. The summed E-state index contributed by atoms with van der Waals surface area (Å²) in [5, 5.41) is 0. The fraction of sp³-hybridized carbons (Fsp3) is 0.737. The van der Waals surface area contributed by atoms with Crippen molar-refractivity contribution >= 4 is 10.0 Å². The van der Waals surface area contributed by atoms with Crippen LogP contribution in [0.1, 0.15) is 50.5 Å². The standard InChI is InChI=1S/C19H31N3O2S/c1-25(23,24)22(15-17-7-5-11-20-13-17)16-18-8-6-12-21(14-18)19-9-3-2-4-10-19/h5,7,11,13,18-19H,2-4,6,8-10,12,14-16H2,1H3. The van der Waals surface area contributed by atoms with Gasteiger partial charge in [-0.1, -0.05) is 25.3 Å². The van der Waals surface area contributed by atoms with Crippen molar-refractivity contribution in [3.05, 3.63) is 30.1 Å². The Balaban J connectivity index is 1.62. The van der Waals surface area contributed by atoms with E-state index in [0.29, 0.717) is 19.0 Å². The number of rotatable bonds is 6. The Kier molecular flexibility index (Phi) is 6.47. The van der Waals surface area contributed by atoms with Gasteiger partial charge < -0.3 is 4.90 Å². The van der Waals surface area contributed by atoms with Crippen LogP contribution in [0.4, 0.5) is 0 Å². The second kappa shape index (κ2) is 8.60. The average molecular weight is 366 g/mol. The first-order valence-corrected chi connectivity index (χ1v) is 11.5. The van der Waals surface area contributed by atoms with E-state index in [9.17, 15) is 8.42 Å². The number of piperidine rings is 1. The average Bonchev–Trinajstić information content (AvgIpc) is 2.62. The number of aromatic nitrogens is 1. The van der Waals surface area contributed by atoms with Crippen LogP contribution in [-0.2, 0) is 16.6 Å². The lowest BCUT2D eigenvalue weighted by Crippen LogP contribution is -2.46. The molecule has 0 N–H and O–H groups in total. The molecule has 1 unspecified atom stereocenters. The Morgan fingerprint density at radius 1 is 1.20 bits per heavy atom. The van der Waals surface area contributed by atoms with E-state index in [1.54, 1.807) is 16.7 Å². The van der Waals surface area contributed by atoms with Crippen LogP contribution in [0, 0.1) is 5.92 Å². The molecule has 25 heavy (non-hydrogen) atoms. The third kappa shape index (κ3) is 5.50. The molecule has 140 valence electrons. The Bertz CT molecular complexity index is 629. The molecule has 2 heterocycles. The molecule has 5 nitrogen and oxygen atoms in total. The number of likely N-dealkylation sites (tertiary alicyclic amines) is 1. The maximum absolute atomic E-state index is 12.3. The van der Waals surface area contributed by atoms with Crippen molar-refractivity contribution in [2.45, 2.75) is 57.5 Å². The third-order valence-electron chi connectivity index (χ3n) is 5.65. The van der Waals surface area contributed by atoms with Crippen LogP contribution in [0.5, 0.6) is 0 Å². The molecule has 1 atom stereocenters. The van der Waals surface area contributed by atoms with Crippen LogP contribution >= 0.6 is 0 Å². The molecule has 1 aromatic rings. The van der Waals surface area contributed by atoms with Crippen molar-refractivity contribution in [2.75, 3.05) is 25.9 Å². The highest BCUT2D eigenvalue weighted by molar-refractivity contribution is 7.88. The van der Waals surface area contributed by atoms with Gasteiger partial charge in [-0.2, -0.15) is 4.31 Å². The van der Waals surface area contributed by atoms with Gasteiger partial charge in [0.2, 0.25) is 10.0 Å². The smallest absolute Gasteiger partial charge is 0.211 e. The van der Waals surface area contributed by atoms with Crippen LogP contribution < -0.4 is 0 Å². The zero-order valence-corrected chi connectivity index (χ0v) is 16.1. The fourth-order valence-electron chi connectivity index (χ4n) is 4.32. The minimum absolute atomic E-state index is 0.423. The largest absolute Gasteiger partial charge is 0.300 e. The number of nitrogens with zero attached hydrogens (tertiary/aromatic N) is 3. The van der Waals surface area contributed by atoms with Crippen LogP contribution in [0.15, 0.2) is 24.5 Å². The van der Waals surface area contributed by atoms with E-state index in [2.05, 4.69) is 9.88 Å². The summed E-state index contributed by atoms with van der Waals surface area (Å²) in [5.41, 5.74) is 0.952. The first-order chi connectivity index (χ1) is 12.0. The van der Waals surface area contributed by atoms with E-state index in [-0.39, 0.29) is 0 Å². The van der Waals surface area contributed by atoms with Crippen molar-refractivity contribution < 1.29 is 8.42 Å². The molecule has 0 bridgehead atoms. The number of pyridine rings is 1. The molecule has 2 aliphatic rings. The van der Waals surface area contributed by atoms with Gasteiger partial charge in [0, 0.05) is 38.1 Å².